The normalized spacial score (nSPS) is 11.2. The molecule has 0 fully saturated rings. The van der Waals surface area contributed by atoms with Gasteiger partial charge in [0.25, 0.3) is 0 Å². The first-order valence-electron chi connectivity index (χ1n) is 5.08. The third kappa shape index (κ3) is 3.41. The van der Waals surface area contributed by atoms with E-state index < -0.39 is 10.0 Å². The molecule has 0 amide bonds. The summed E-state index contributed by atoms with van der Waals surface area (Å²) in [5.74, 6) is -0.171. The minimum atomic E-state index is -3.57. The second kappa shape index (κ2) is 5.32. The summed E-state index contributed by atoms with van der Waals surface area (Å²) < 4.78 is 26.0. The van der Waals surface area contributed by atoms with Crippen LogP contribution in [0, 0.1) is 0 Å². The van der Waals surface area contributed by atoms with Gasteiger partial charge in [-0.3, -0.25) is 4.72 Å². The van der Waals surface area contributed by atoms with E-state index in [2.05, 4.69) is 14.7 Å². The van der Waals surface area contributed by atoms with Crippen LogP contribution in [0.25, 0.3) is 0 Å². The van der Waals surface area contributed by atoms with Crippen molar-refractivity contribution in [2.45, 2.75) is 5.75 Å². The molecule has 1 aromatic carbocycles. The number of halogens is 1. The molecule has 1 N–H and O–H groups in total. The Kier molecular flexibility index (Phi) is 3.78. The van der Waals surface area contributed by atoms with Gasteiger partial charge in [0.05, 0.1) is 5.75 Å². The van der Waals surface area contributed by atoms with E-state index >= 15 is 0 Å². The van der Waals surface area contributed by atoms with Crippen LogP contribution in [0.4, 0.5) is 5.95 Å². The number of sulfonamides is 1. The highest BCUT2D eigenvalue weighted by Gasteiger charge is 2.14. The van der Waals surface area contributed by atoms with E-state index in [1.165, 1.54) is 12.4 Å². The summed E-state index contributed by atoms with van der Waals surface area (Å²) in [6, 6.07) is 8.38. The fourth-order valence-electron chi connectivity index (χ4n) is 1.35. The fraction of sp³-hybridized carbons (Fsp3) is 0.0909. The molecule has 7 heteroatoms. The van der Waals surface area contributed by atoms with Crippen LogP contribution in [0.5, 0.6) is 0 Å². The molecule has 0 spiro atoms. The molecular formula is C11H10ClN3O2S. The second-order valence-corrected chi connectivity index (χ2v) is 5.65. The highest BCUT2D eigenvalue weighted by molar-refractivity contribution is 7.91. The van der Waals surface area contributed by atoms with Gasteiger partial charge in [0, 0.05) is 17.4 Å². The van der Waals surface area contributed by atoms with Crippen LogP contribution in [0.1, 0.15) is 5.56 Å². The molecule has 0 aliphatic rings. The maximum atomic E-state index is 11.9. The van der Waals surface area contributed by atoms with Gasteiger partial charge in [-0.05, 0) is 17.7 Å². The first kappa shape index (κ1) is 12.8. The second-order valence-electron chi connectivity index (χ2n) is 3.52. The fourth-order valence-corrected chi connectivity index (χ4v) is 2.75. The van der Waals surface area contributed by atoms with Gasteiger partial charge in [0.1, 0.15) is 0 Å². The SMILES string of the molecule is O=S(=O)(Cc1ccccc1Cl)Nc1ncccn1. The topological polar surface area (TPSA) is 72.0 Å². The highest BCUT2D eigenvalue weighted by atomic mass is 35.5. The first-order chi connectivity index (χ1) is 8.57. The highest BCUT2D eigenvalue weighted by Crippen LogP contribution is 2.18. The van der Waals surface area contributed by atoms with E-state index in [1.807, 2.05) is 0 Å². The van der Waals surface area contributed by atoms with E-state index in [9.17, 15) is 8.42 Å². The van der Waals surface area contributed by atoms with Gasteiger partial charge >= 0.3 is 0 Å². The molecule has 0 saturated heterocycles. The molecule has 1 heterocycles. The van der Waals surface area contributed by atoms with Crippen LogP contribution in [0.2, 0.25) is 5.02 Å². The third-order valence-electron chi connectivity index (χ3n) is 2.12. The zero-order valence-electron chi connectivity index (χ0n) is 9.25. The standard InChI is InChI=1S/C11H10ClN3O2S/c12-10-5-2-1-4-9(10)8-18(16,17)15-11-13-6-3-7-14-11/h1-7H,8H2,(H,13,14,15). The summed E-state index contributed by atoms with van der Waals surface area (Å²) in [5.41, 5.74) is 0.530. The Morgan fingerprint density at radius 2 is 1.78 bits per heavy atom. The lowest BCUT2D eigenvalue weighted by molar-refractivity contribution is 0.600. The van der Waals surface area contributed by atoms with Gasteiger partial charge < -0.3 is 0 Å². The van der Waals surface area contributed by atoms with Crippen LogP contribution in [-0.2, 0) is 15.8 Å². The van der Waals surface area contributed by atoms with Crippen molar-refractivity contribution in [2.24, 2.45) is 0 Å². The number of nitrogens with one attached hydrogen (secondary N) is 1. The molecule has 94 valence electrons. The number of benzene rings is 1. The van der Waals surface area contributed by atoms with Crippen molar-refractivity contribution < 1.29 is 8.42 Å². The molecule has 0 atom stereocenters. The van der Waals surface area contributed by atoms with Gasteiger partial charge in [-0.15, -0.1) is 0 Å². The lowest BCUT2D eigenvalue weighted by Crippen LogP contribution is -2.16. The molecule has 0 aliphatic heterocycles. The largest absolute Gasteiger partial charge is 0.251 e. The first-order valence-corrected chi connectivity index (χ1v) is 7.11. The van der Waals surface area contributed by atoms with Crippen molar-refractivity contribution in [3.63, 3.8) is 0 Å². The minimum Gasteiger partial charge on any atom is -0.251 e. The minimum absolute atomic E-state index is 0.0459. The predicted octanol–water partition coefficient (Wildman–Crippen LogP) is 2.07. The summed E-state index contributed by atoms with van der Waals surface area (Å²) in [6.07, 6.45) is 2.92. The Morgan fingerprint density at radius 1 is 1.11 bits per heavy atom. The van der Waals surface area contributed by atoms with Gasteiger partial charge in [-0.2, -0.15) is 0 Å². The van der Waals surface area contributed by atoms with Crippen LogP contribution in [0.15, 0.2) is 42.7 Å². The molecule has 0 bridgehead atoms. The van der Waals surface area contributed by atoms with Crippen molar-refractivity contribution in [1.82, 2.24) is 9.97 Å². The number of anilines is 1. The summed E-state index contributed by atoms with van der Waals surface area (Å²) in [7, 11) is -3.57. The monoisotopic (exact) mass is 283 g/mol. The Morgan fingerprint density at radius 3 is 2.44 bits per heavy atom. The molecule has 0 unspecified atom stereocenters. The van der Waals surface area contributed by atoms with E-state index in [4.69, 9.17) is 11.6 Å². The average Bonchev–Trinajstić information content (AvgIpc) is 2.32. The summed E-state index contributed by atoms with van der Waals surface area (Å²) in [6.45, 7) is 0. The van der Waals surface area contributed by atoms with Gasteiger partial charge in [0.15, 0.2) is 0 Å². The number of nitrogens with zero attached hydrogens (tertiary/aromatic N) is 2. The van der Waals surface area contributed by atoms with Crippen molar-refractivity contribution in [3.05, 3.63) is 53.3 Å². The Balaban J connectivity index is 2.16. The molecule has 2 aromatic rings. The van der Waals surface area contributed by atoms with Crippen molar-refractivity contribution in [2.75, 3.05) is 4.72 Å². The maximum Gasteiger partial charge on any atom is 0.239 e. The Labute approximate surface area is 110 Å². The Bertz CT molecular complexity index is 632. The van der Waals surface area contributed by atoms with Gasteiger partial charge in [0.2, 0.25) is 16.0 Å². The molecule has 2 rings (SSSR count). The maximum absolute atomic E-state index is 11.9. The average molecular weight is 284 g/mol. The molecule has 0 saturated carbocycles. The van der Waals surface area contributed by atoms with Gasteiger partial charge in [-0.25, -0.2) is 18.4 Å². The summed E-state index contributed by atoms with van der Waals surface area (Å²) in [5, 5.41) is 0.414. The molecule has 1 aromatic heterocycles. The number of rotatable bonds is 4. The van der Waals surface area contributed by atoms with E-state index in [1.54, 1.807) is 30.3 Å². The van der Waals surface area contributed by atoms with E-state index in [-0.39, 0.29) is 11.7 Å². The Hall–Kier alpha value is -1.66. The zero-order chi connectivity index (χ0) is 13.0. The zero-order valence-corrected chi connectivity index (χ0v) is 10.8. The number of hydrogen-bond donors (Lipinski definition) is 1. The molecule has 0 aliphatic carbocycles. The van der Waals surface area contributed by atoms with Crippen LogP contribution < -0.4 is 4.72 Å². The van der Waals surface area contributed by atoms with Crippen LogP contribution in [-0.4, -0.2) is 18.4 Å². The smallest absolute Gasteiger partial charge is 0.239 e. The van der Waals surface area contributed by atoms with Gasteiger partial charge in [-0.1, -0.05) is 29.8 Å². The van der Waals surface area contributed by atoms with Crippen molar-refractivity contribution in [1.29, 1.82) is 0 Å². The van der Waals surface area contributed by atoms with Crippen LogP contribution in [0.3, 0.4) is 0 Å². The van der Waals surface area contributed by atoms with Crippen LogP contribution >= 0.6 is 11.6 Å². The lowest BCUT2D eigenvalue weighted by Gasteiger charge is -2.07. The van der Waals surface area contributed by atoms with Crippen molar-refractivity contribution in [3.8, 4) is 0 Å². The lowest BCUT2D eigenvalue weighted by atomic mass is 10.2. The van der Waals surface area contributed by atoms with Crippen molar-refractivity contribution >= 4 is 27.6 Å². The number of hydrogen-bond acceptors (Lipinski definition) is 4. The summed E-state index contributed by atoms with van der Waals surface area (Å²) >= 11 is 5.91. The summed E-state index contributed by atoms with van der Waals surface area (Å²) in [4.78, 5) is 7.59. The molecule has 0 radical (unpaired) electrons. The van der Waals surface area contributed by atoms with E-state index in [0.717, 1.165) is 0 Å². The predicted molar refractivity (Wildman–Crippen MR) is 69.7 cm³/mol. The van der Waals surface area contributed by atoms with E-state index in [0.29, 0.717) is 10.6 Å². The number of aromatic nitrogens is 2. The third-order valence-corrected chi connectivity index (χ3v) is 3.67. The molecular weight excluding hydrogens is 274 g/mol. The quantitative estimate of drug-likeness (QED) is 0.932. The molecule has 5 nitrogen and oxygen atoms in total. The molecule has 18 heavy (non-hydrogen) atoms.